The summed E-state index contributed by atoms with van der Waals surface area (Å²) < 4.78 is 28.8. The first-order valence-corrected chi connectivity index (χ1v) is 14.9. The second-order valence-corrected chi connectivity index (χ2v) is 11.8. The van der Waals surface area contributed by atoms with Crippen LogP contribution in [0.1, 0.15) is 43.4 Å². The smallest absolute Gasteiger partial charge is 0.264 e. The van der Waals surface area contributed by atoms with Gasteiger partial charge in [-0.3, -0.25) is 13.9 Å². The predicted octanol–water partition coefficient (Wildman–Crippen LogP) is 5.49. The summed E-state index contributed by atoms with van der Waals surface area (Å²) in [5.41, 5.74) is 2.95. The van der Waals surface area contributed by atoms with E-state index < -0.39 is 28.5 Å². The van der Waals surface area contributed by atoms with Gasteiger partial charge in [-0.1, -0.05) is 85.1 Å². The van der Waals surface area contributed by atoms with E-state index >= 15 is 0 Å². The van der Waals surface area contributed by atoms with Gasteiger partial charge in [0.25, 0.3) is 10.0 Å². The number of rotatable bonds is 12. The number of carbonyl (C=O) groups is 2. The Hall–Kier alpha value is -3.36. The highest BCUT2D eigenvalue weighted by molar-refractivity contribution is 7.92. The van der Waals surface area contributed by atoms with E-state index in [1.165, 1.54) is 17.0 Å². The highest BCUT2D eigenvalue weighted by Crippen LogP contribution is 2.31. The van der Waals surface area contributed by atoms with Crippen LogP contribution in [0.2, 0.25) is 5.02 Å². The van der Waals surface area contributed by atoms with Crippen molar-refractivity contribution < 1.29 is 18.0 Å². The molecule has 0 radical (unpaired) electrons. The van der Waals surface area contributed by atoms with Crippen LogP contribution in [0, 0.1) is 13.8 Å². The molecule has 0 spiro atoms. The van der Waals surface area contributed by atoms with Crippen molar-refractivity contribution in [2.75, 3.05) is 17.4 Å². The summed E-state index contributed by atoms with van der Waals surface area (Å²) in [6, 6.07) is 19.8. The van der Waals surface area contributed by atoms with Gasteiger partial charge in [0.1, 0.15) is 12.6 Å². The number of nitrogens with one attached hydrogen (secondary N) is 1. The van der Waals surface area contributed by atoms with Gasteiger partial charge in [0.15, 0.2) is 0 Å². The number of halogens is 1. The van der Waals surface area contributed by atoms with Gasteiger partial charge in [-0.2, -0.15) is 0 Å². The van der Waals surface area contributed by atoms with E-state index in [1.807, 2.05) is 52.0 Å². The normalized spacial score (nSPS) is 12.0. The molecule has 0 unspecified atom stereocenters. The number of benzene rings is 3. The number of anilines is 1. The fourth-order valence-electron chi connectivity index (χ4n) is 4.30. The molecule has 0 saturated heterocycles. The van der Waals surface area contributed by atoms with Crippen molar-refractivity contribution in [2.45, 2.75) is 58.0 Å². The first-order chi connectivity index (χ1) is 18.6. The van der Waals surface area contributed by atoms with Crippen LogP contribution in [0.25, 0.3) is 0 Å². The summed E-state index contributed by atoms with van der Waals surface area (Å²) >= 11 is 6.45. The Balaban J connectivity index is 2.06. The molecule has 1 N–H and O–H groups in total. The van der Waals surface area contributed by atoms with Crippen LogP contribution in [-0.2, 0) is 26.2 Å². The van der Waals surface area contributed by atoms with Crippen LogP contribution in [-0.4, -0.2) is 44.3 Å². The van der Waals surface area contributed by atoms with Crippen LogP contribution in [0.15, 0.2) is 77.7 Å². The molecule has 3 aromatic carbocycles. The van der Waals surface area contributed by atoms with Crippen LogP contribution in [0.5, 0.6) is 0 Å². The van der Waals surface area contributed by atoms with E-state index in [-0.39, 0.29) is 28.1 Å². The second kappa shape index (κ2) is 13.6. The van der Waals surface area contributed by atoms with Crippen molar-refractivity contribution >= 4 is 39.1 Å². The minimum atomic E-state index is -4.17. The Morgan fingerprint density at radius 2 is 1.62 bits per heavy atom. The fourth-order valence-corrected chi connectivity index (χ4v) is 6.02. The average molecular weight is 570 g/mol. The maximum absolute atomic E-state index is 14.0. The zero-order valence-electron chi connectivity index (χ0n) is 22.9. The monoisotopic (exact) mass is 569 g/mol. The van der Waals surface area contributed by atoms with Crippen LogP contribution >= 0.6 is 11.6 Å². The molecule has 0 saturated carbocycles. The SMILES string of the molecule is CCCNC(=O)[C@@H](CC)N(Cc1cccc(C)c1)C(=O)CN(c1ccccc1Cl)S(=O)(=O)c1ccc(C)cc1. The molecule has 0 aromatic heterocycles. The molecule has 39 heavy (non-hydrogen) atoms. The zero-order chi connectivity index (χ0) is 28.6. The summed E-state index contributed by atoms with van der Waals surface area (Å²) in [5, 5.41) is 3.08. The van der Waals surface area contributed by atoms with E-state index in [4.69, 9.17) is 11.6 Å². The summed E-state index contributed by atoms with van der Waals surface area (Å²) in [6.07, 6.45) is 1.12. The molecule has 9 heteroatoms. The highest BCUT2D eigenvalue weighted by Gasteiger charge is 2.34. The molecule has 3 rings (SSSR count). The summed E-state index contributed by atoms with van der Waals surface area (Å²) in [6.45, 7) is 7.71. The lowest BCUT2D eigenvalue weighted by Gasteiger charge is -2.33. The van der Waals surface area contributed by atoms with Crippen LogP contribution in [0.3, 0.4) is 0 Å². The fraction of sp³-hybridized carbons (Fsp3) is 0.333. The van der Waals surface area contributed by atoms with Gasteiger partial charge in [-0.25, -0.2) is 8.42 Å². The molecule has 0 aliphatic heterocycles. The number of sulfonamides is 1. The van der Waals surface area contributed by atoms with Crippen LogP contribution in [0.4, 0.5) is 5.69 Å². The van der Waals surface area contributed by atoms with Crippen LogP contribution < -0.4 is 9.62 Å². The number of para-hydroxylation sites is 1. The zero-order valence-corrected chi connectivity index (χ0v) is 24.4. The average Bonchev–Trinajstić information content (AvgIpc) is 2.91. The Morgan fingerprint density at radius 1 is 0.923 bits per heavy atom. The van der Waals surface area contributed by atoms with Gasteiger partial charge in [0, 0.05) is 13.1 Å². The molecule has 0 bridgehead atoms. The molecule has 208 valence electrons. The highest BCUT2D eigenvalue weighted by atomic mass is 35.5. The molecule has 7 nitrogen and oxygen atoms in total. The van der Waals surface area contributed by atoms with Gasteiger partial charge in [0.2, 0.25) is 11.8 Å². The Morgan fingerprint density at radius 3 is 2.23 bits per heavy atom. The molecule has 0 aliphatic rings. The molecular weight excluding hydrogens is 534 g/mol. The predicted molar refractivity (Wildman–Crippen MR) is 156 cm³/mol. The Bertz CT molecular complexity index is 1390. The van der Waals surface area contributed by atoms with E-state index in [9.17, 15) is 18.0 Å². The second-order valence-electron chi connectivity index (χ2n) is 9.50. The van der Waals surface area contributed by atoms with Crippen molar-refractivity contribution in [3.63, 3.8) is 0 Å². The van der Waals surface area contributed by atoms with Gasteiger partial charge in [-0.15, -0.1) is 0 Å². The maximum atomic E-state index is 14.0. The van der Waals surface area contributed by atoms with Gasteiger partial charge in [0.05, 0.1) is 15.6 Å². The van der Waals surface area contributed by atoms with Gasteiger partial charge < -0.3 is 10.2 Å². The Kier molecular flexibility index (Phi) is 10.5. The number of hydrogen-bond acceptors (Lipinski definition) is 4. The van der Waals surface area contributed by atoms with Crippen molar-refractivity contribution in [3.8, 4) is 0 Å². The lowest BCUT2D eigenvalue weighted by Crippen LogP contribution is -2.52. The molecule has 0 aliphatic carbocycles. The van der Waals surface area contributed by atoms with Crippen molar-refractivity contribution in [1.29, 1.82) is 0 Å². The largest absolute Gasteiger partial charge is 0.354 e. The lowest BCUT2D eigenvalue weighted by molar-refractivity contribution is -0.140. The molecule has 2 amide bonds. The number of carbonyl (C=O) groups excluding carboxylic acids is 2. The maximum Gasteiger partial charge on any atom is 0.264 e. The summed E-state index contributed by atoms with van der Waals surface area (Å²) in [7, 11) is -4.17. The van der Waals surface area contributed by atoms with E-state index in [0.29, 0.717) is 13.0 Å². The quantitative estimate of drug-likeness (QED) is 0.313. The van der Waals surface area contributed by atoms with E-state index in [1.54, 1.807) is 36.4 Å². The van der Waals surface area contributed by atoms with E-state index in [0.717, 1.165) is 27.4 Å². The summed E-state index contributed by atoms with van der Waals surface area (Å²) in [4.78, 5) is 28.7. The molecule has 0 heterocycles. The standard InChI is InChI=1S/C30H36ClN3O4S/c1-5-18-32-30(36)27(6-2)33(20-24-11-9-10-23(4)19-24)29(35)21-34(28-13-8-7-12-26(28)31)39(37,38)25-16-14-22(3)15-17-25/h7-17,19,27H,5-6,18,20-21H2,1-4H3,(H,32,36)/t27-/m1/s1. The minimum Gasteiger partial charge on any atom is -0.354 e. The van der Waals surface area contributed by atoms with Crippen molar-refractivity contribution in [1.82, 2.24) is 10.2 Å². The van der Waals surface area contributed by atoms with Crippen molar-refractivity contribution in [3.05, 3.63) is 94.5 Å². The lowest BCUT2D eigenvalue weighted by atomic mass is 10.1. The van der Waals surface area contributed by atoms with Crippen molar-refractivity contribution in [2.24, 2.45) is 0 Å². The summed E-state index contributed by atoms with van der Waals surface area (Å²) in [5.74, 6) is -0.781. The minimum absolute atomic E-state index is 0.0405. The first kappa shape index (κ1) is 30.2. The Labute approximate surface area is 236 Å². The van der Waals surface area contributed by atoms with Gasteiger partial charge in [-0.05, 0) is 56.5 Å². The molecule has 3 aromatic rings. The van der Waals surface area contributed by atoms with Gasteiger partial charge >= 0.3 is 0 Å². The molecular formula is C30H36ClN3O4S. The topological polar surface area (TPSA) is 86.8 Å². The number of hydrogen-bond donors (Lipinski definition) is 1. The number of aryl methyl sites for hydroxylation is 2. The first-order valence-electron chi connectivity index (χ1n) is 13.0. The third-order valence-corrected chi connectivity index (χ3v) is 8.47. The number of amides is 2. The third-order valence-electron chi connectivity index (χ3n) is 6.38. The van der Waals surface area contributed by atoms with E-state index in [2.05, 4.69) is 5.32 Å². The molecule has 1 atom stereocenters. The molecule has 0 fully saturated rings. The number of nitrogens with zero attached hydrogens (tertiary/aromatic N) is 2. The third kappa shape index (κ3) is 7.61.